The minimum Gasteiger partial charge on any atom is -0.478 e. The van der Waals surface area contributed by atoms with Gasteiger partial charge in [-0.3, -0.25) is 9.48 Å². The summed E-state index contributed by atoms with van der Waals surface area (Å²) >= 11 is 0. The van der Waals surface area contributed by atoms with Crippen molar-refractivity contribution in [2.75, 3.05) is 5.32 Å². The Morgan fingerprint density at radius 2 is 2.14 bits per heavy atom. The fourth-order valence-electron chi connectivity index (χ4n) is 1.64. The molecule has 2 rings (SSSR count). The second kappa shape index (κ2) is 6.00. The van der Waals surface area contributed by atoms with Crippen LogP contribution in [0.3, 0.4) is 0 Å². The van der Waals surface area contributed by atoms with Crippen LogP contribution >= 0.6 is 0 Å². The second-order valence-electron chi connectivity index (χ2n) is 4.24. The fourth-order valence-corrected chi connectivity index (χ4v) is 1.64. The van der Waals surface area contributed by atoms with E-state index in [1.165, 1.54) is 16.8 Å². The van der Waals surface area contributed by atoms with Crippen molar-refractivity contribution >= 4 is 23.6 Å². The number of hydrogen-bond acceptors (Lipinski definition) is 3. The number of aromatic nitrogens is 2. The van der Waals surface area contributed by atoms with Crippen molar-refractivity contribution in [2.24, 2.45) is 7.05 Å². The van der Waals surface area contributed by atoms with Crippen LogP contribution in [0.4, 0.5) is 10.1 Å². The molecule has 0 radical (unpaired) electrons. The normalized spacial score (nSPS) is 10.8. The molecule has 1 aromatic heterocycles. The van der Waals surface area contributed by atoms with Gasteiger partial charge in [-0.2, -0.15) is 5.10 Å². The van der Waals surface area contributed by atoms with Crippen molar-refractivity contribution in [2.45, 2.75) is 0 Å². The number of amides is 1. The zero-order valence-electron chi connectivity index (χ0n) is 11.1. The fraction of sp³-hybridized carbons (Fsp3) is 0.0714. The zero-order chi connectivity index (χ0) is 15.4. The number of carboxylic acid groups (broad SMARTS) is 1. The first-order valence-corrected chi connectivity index (χ1v) is 5.97. The van der Waals surface area contributed by atoms with Gasteiger partial charge in [0.2, 0.25) is 0 Å². The van der Waals surface area contributed by atoms with E-state index in [4.69, 9.17) is 5.11 Å². The Kier molecular flexibility index (Phi) is 4.13. The first-order chi connectivity index (χ1) is 9.95. The van der Waals surface area contributed by atoms with Gasteiger partial charge < -0.3 is 10.4 Å². The Hall–Kier alpha value is -2.96. The molecule has 7 heteroatoms. The van der Waals surface area contributed by atoms with Crippen LogP contribution in [0.2, 0.25) is 0 Å². The van der Waals surface area contributed by atoms with Crippen molar-refractivity contribution in [3.63, 3.8) is 0 Å². The summed E-state index contributed by atoms with van der Waals surface area (Å²) in [5.41, 5.74) is 0.637. The topological polar surface area (TPSA) is 84.2 Å². The van der Waals surface area contributed by atoms with E-state index in [0.717, 1.165) is 18.2 Å². The Morgan fingerprint density at radius 1 is 1.38 bits per heavy atom. The first kappa shape index (κ1) is 14.4. The lowest BCUT2D eigenvalue weighted by Crippen LogP contribution is -2.13. The van der Waals surface area contributed by atoms with Crippen LogP contribution in [0.15, 0.2) is 36.5 Å². The molecular formula is C14H12FN3O3. The maximum absolute atomic E-state index is 13.5. The number of carboxylic acids is 1. The molecule has 0 aliphatic carbocycles. The highest BCUT2D eigenvalue weighted by atomic mass is 19.1. The summed E-state index contributed by atoms with van der Waals surface area (Å²) in [5, 5.41) is 15.1. The van der Waals surface area contributed by atoms with Gasteiger partial charge in [0.15, 0.2) is 5.69 Å². The molecule has 2 N–H and O–H groups in total. The van der Waals surface area contributed by atoms with Gasteiger partial charge in [0.25, 0.3) is 5.91 Å². The summed E-state index contributed by atoms with van der Waals surface area (Å²) in [6.07, 6.45) is 3.57. The highest BCUT2D eigenvalue weighted by Gasteiger charge is 2.10. The van der Waals surface area contributed by atoms with Crippen LogP contribution in [0.5, 0.6) is 0 Å². The Balaban J connectivity index is 2.19. The Bertz CT molecular complexity index is 722. The third-order valence-corrected chi connectivity index (χ3v) is 2.61. The quantitative estimate of drug-likeness (QED) is 0.842. The van der Waals surface area contributed by atoms with E-state index in [0.29, 0.717) is 5.69 Å². The molecule has 0 unspecified atom stereocenters. The van der Waals surface area contributed by atoms with Gasteiger partial charge in [0.1, 0.15) is 5.82 Å². The van der Waals surface area contributed by atoms with Crippen LogP contribution in [-0.4, -0.2) is 26.8 Å². The zero-order valence-corrected chi connectivity index (χ0v) is 11.1. The smallest absolute Gasteiger partial charge is 0.328 e. The van der Waals surface area contributed by atoms with Crippen molar-refractivity contribution in [3.8, 4) is 0 Å². The van der Waals surface area contributed by atoms with E-state index in [9.17, 15) is 14.0 Å². The maximum Gasteiger partial charge on any atom is 0.328 e. The molecule has 0 fully saturated rings. The lowest BCUT2D eigenvalue weighted by molar-refractivity contribution is -0.131. The number of halogens is 1. The number of anilines is 1. The van der Waals surface area contributed by atoms with E-state index >= 15 is 0 Å². The van der Waals surface area contributed by atoms with Gasteiger partial charge in [0, 0.05) is 30.6 Å². The number of benzene rings is 1. The average Bonchev–Trinajstić information content (AvgIpc) is 2.86. The van der Waals surface area contributed by atoms with Gasteiger partial charge in [-0.1, -0.05) is 0 Å². The molecule has 1 amide bonds. The third-order valence-electron chi connectivity index (χ3n) is 2.61. The molecular weight excluding hydrogens is 277 g/mol. The maximum atomic E-state index is 13.5. The van der Waals surface area contributed by atoms with E-state index in [1.807, 2.05) is 0 Å². The molecule has 0 bridgehead atoms. The summed E-state index contributed by atoms with van der Waals surface area (Å²) in [7, 11) is 1.68. The highest BCUT2D eigenvalue weighted by molar-refractivity contribution is 6.03. The highest BCUT2D eigenvalue weighted by Crippen LogP contribution is 2.17. The van der Waals surface area contributed by atoms with Gasteiger partial charge in [0.05, 0.1) is 0 Å². The minimum absolute atomic E-state index is 0.0659. The van der Waals surface area contributed by atoms with Crippen LogP contribution in [-0.2, 0) is 11.8 Å². The Morgan fingerprint density at radius 3 is 2.76 bits per heavy atom. The summed E-state index contributed by atoms with van der Waals surface area (Å²) in [4.78, 5) is 22.3. The number of aliphatic carboxylic acids is 1. The largest absolute Gasteiger partial charge is 0.478 e. The molecule has 0 saturated heterocycles. The number of nitrogens with one attached hydrogen (secondary N) is 1. The van der Waals surface area contributed by atoms with Crippen molar-refractivity contribution in [1.82, 2.24) is 9.78 Å². The van der Waals surface area contributed by atoms with Gasteiger partial charge in [-0.15, -0.1) is 0 Å². The lowest BCUT2D eigenvalue weighted by Gasteiger charge is -2.05. The number of aryl methyl sites for hydroxylation is 1. The molecule has 0 spiro atoms. The molecule has 6 nitrogen and oxygen atoms in total. The summed E-state index contributed by atoms with van der Waals surface area (Å²) in [5.74, 6) is -2.20. The van der Waals surface area contributed by atoms with E-state index in [1.54, 1.807) is 19.3 Å². The summed E-state index contributed by atoms with van der Waals surface area (Å²) < 4.78 is 15.0. The number of nitrogens with zero attached hydrogens (tertiary/aromatic N) is 2. The molecule has 1 heterocycles. The van der Waals surface area contributed by atoms with Gasteiger partial charge in [-0.25, -0.2) is 9.18 Å². The van der Waals surface area contributed by atoms with Crippen LogP contribution in [0.1, 0.15) is 16.1 Å². The van der Waals surface area contributed by atoms with Crippen LogP contribution in [0, 0.1) is 5.82 Å². The number of carbonyl (C=O) groups is 2. The third kappa shape index (κ3) is 3.75. The van der Waals surface area contributed by atoms with E-state index < -0.39 is 17.7 Å². The first-order valence-electron chi connectivity index (χ1n) is 5.97. The molecule has 0 aliphatic heterocycles. The Labute approximate surface area is 119 Å². The molecule has 108 valence electrons. The summed E-state index contributed by atoms with van der Waals surface area (Å²) in [6, 6.07) is 5.42. The molecule has 2 aromatic rings. The summed E-state index contributed by atoms with van der Waals surface area (Å²) in [6.45, 7) is 0. The molecule has 0 atom stereocenters. The predicted molar refractivity (Wildman–Crippen MR) is 74.2 cm³/mol. The van der Waals surface area contributed by atoms with Crippen molar-refractivity contribution in [3.05, 3.63) is 53.6 Å². The standard InChI is InChI=1S/C14H12FN3O3/c1-18-7-6-12(17-18)14(21)16-10-3-4-11(15)9(8-10)2-5-13(19)20/h2-8H,1H3,(H,16,21)(H,19,20)/b5-2+. The molecule has 1 aromatic carbocycles. The van der Waals surface area contributed by atoms with Crippen LogP contribution in [0.25, 0.3) is 6.08 Å². The second-order valence-corrected chi connectivity index (χ2v) is 4.24. The number of rotatable bonds is 4. The van der Waals surface area contributed by atoms with E-state index in [-0.39, 0.29) is 11.3 Å². The number of carbonyl (C=O) groups excluding carboxylic acids is 1. The minimum atomic E-state index is -1.18. The van der Waals surface area contributed by atoms with E-state index in [2.05, 4.69) is 10.4 Å². The van der Waals surface area contributed by atoms with Crippen LogP contribution < -0.4 is 5.32 Å². The van der Waals surface area contributed by atoms with Gasteiger partial charge >= 0.3 is 5.97 Å². The van der Waals surface area contributed by atoms with Crippen molar-refractivity contribution < 1.29 is 19.1 Å². The number of hydrogen-bond donors (Lipinski definition) is 2. The SMILES string of the molecule is Cn1ccc(C(=O)Nc2ccc(F)c(/C=C/C(=O)O)c2)n1. The lowest BCUT2D eigenvalue weighted by atomic mass is 10.1. The predicted octanol–water partition coefficient (Wildman–Crippen LogP) is 1.91. The molecule has 0 saturated carbocycles. The van der Waals surface area contributed by atoms with Gasteiger partial charge in [-0.05, 0) is 30.3 Å². The molecule has 21 heavy (non-hydrogen) atoms. The molecule has 0 aliphatic rings. The van der Waals surface area contributed by atoms with Crippen molar-refractivity contribution in [1.29, 1.82) is 0 Å². The monoisotopic (exact) mass is 289 g/mol. The average molecular weight is 289 g/mol.